The van der Waals surface area contributed by atoms with Crippen molar-refractivity contribution < 1.29 is 48.1 Å². The molecule has 1 fully saturated rings. The van der Waals surface area contributed by atoms with Crippen molar-refractivity contribution in [3.63, 3.8) is 0 Å². The molecule has 1 aliphatic rings. The summed E-state index contributed by atoms with van der Waals surface area (Å²) in [4.78, 5) is 64.6. The summed E-state index contributed by atoms with van der Waals surface area (Å²) in [5.74, 6) is -1.42. The smallest absolute Gasteiger partial charge is 0.369 e. The number of carbonyl (C=O) groups is 2. The first-order valence-corrected chi connectivity index (χ1v) is 8.41. The van der Waals surface area contributed by atoms with Crippen LogP contribution in [0, 0.1) is 11.8 Å². The van der Waals surface area contributed by atoms with E-state index in [1.807, 2.05) is 0 Å². The van der Waals surface area contributed by atoms with E-state index in [4.69, 9.17) is 50.0 Å². The number of hydrogen-bond donors (Lipinski definition) is 8. The number of phosphoric acid groups is 2. The maximum Gasteiger partial charge on any atom is 0.466 e. The Morgan fingerprint density at radius 1 is 0.762 bits per heavy atom. The Bertz CT molecular complexity index is 386. The van der Waals surface area contributed by atoms with E-state index in [1.54, 1.807) is 0 Å². The van der Waals surface area contributed by atoms with Crippen molar-refractivity contribution in [3.8, 4) is 0 Å². The fraction of sp³-hybridized carbons (Fsp3) is 0.714. The van der Waals surface area contributed by atoms with Crippen LogP contribution in [0.25, 0.3) is 0 Å². The van der Waals surface area contributed by atoms with E-state index >= 15 is 0 Å². The SMILES string of the molecule is NC(=O)C1CCCC1C(N)=O.O=P(O)(O)O.O=P(O)(O)O. The van der Waals surface area contributed by atoms with Crippen molar-refractivity contribution >= 4 is 27.5 Å². The third-order valence-corrected chi connectivity index (χ3v) is 2.25. The van der Waals surface area contributed by atoms with Gasteiger partial charge in [0.15, 0.2) is 0 Å². The Morgan fingerprint density at radius 3 is 1.10 bits per heavy atom. The highest BCUT2D eigenvalue weighted by molar-refractivity contribution is 7.45. The molecule has 0 aromatic heterocycles. The summed E-state index contributed by atoms with van der Waals surface area (Å²) in [6.45, 7) is 0. The second-order valence-corrected chi connectivity index (χ2v) is 6.03. The molecule has 2 atom stereocenters. The van der Waals surface area contributed by atoms with Crippen LogP contribution in [0.4, 0.5) is 0 Å². The Morgan fingerprint density at radius 2 is 0.952 bits per heavy atom. The van der Waals surface area contributed by atoms with Crippen LogP contribution in [0.5, 0.6) is 0 Å². The third-order valence-electron chi connectivity index (χ3n) is 2.25. The van der Waals surface area contributed by atoms with Crippen molar-refractivity contribution in [2.24, 2.45) is 23.3 Å². The second kappa shape index (κ2) is 9.23. The van der Waals surface area contributed by atoms with Gasteiger partial charge in [-0.1, -0.05) is 6.42 Å². The molecule has 126 valence electrons. The highest BCUT2D eigenvalue weighted by Crippen LogP contribution is 2.30. The van der Waals surface area contributed by atoms with Gasteiger partial charge in [-0.15, -0.1) is 0 Å². The molecule has 12 nitrogen and oxygen atoms in total. The molecule has 2 unspecified atom stereocenters. The van der Waals surface area contributed by atoms with Crippen LogP contribution in [0.2, 0.25) is 0 Å². The van der Waals surface area contributed by atoms with Gasteiger partial charge in [0.25, 0.3) is 0 Å². The quantitative estimate of drug-likeness (QED) is 0.243. The third kappa shape index (κ3) is 19.2. The Hall–Kier alpha value is -0.840. The topological polar surface area (TPSA) is 242 Å². The number of nitrogens with two attached hydrogens (primary N) is 2. The van der Waals surface area contributed by atoms with Crippen molar-refractivity contribution in [2.45, 2.75) is 19.3 Å². The molecule has 0 bridgehead atoms. The summed E-state index contributed by atoms with van der Waals surface area (Å²) in [6, 6.07) is 0. The van der Waals surface area contributed by atoms with E-state index in [2.05, 4.69) is 0 Å². The number of carbonyl (C=O) groups excluding carboxylic acids is 2. The lowest BCUT2D eigenvalue weighted by Gasteiger charge is -2.11. The van der Waals surface area contributed by atoms with E-state index in [1.165, 1.54) is 0 Å². The molecule has 1 saturated carbocycles. The van der Waals surface area contributed by atoms with Gasteiger partial charge in [0.05, 0.1) is 0 Å². The first kappa shape index (κ1) is 22.4. The molecule has 0 aromatic carbocycles. The molecule has 0 aliphatic heterocycles. The van der Waals surface area contributed by atoms with Gasteiger partial charge in [-0.3, -0.25) is 9.59 Å². The summed E-state index contributed by atoms with van der Waals surface area (Å²) >= 11 is 0. The maximum absolute atomic E-state index is 10.7. The van der Waals surface area contributed by atoms with Gasteiger partial charge in [0, 0.05) is 11.8 Å². The lowest BCUT2D eigenvalue weighted by molar-refractivity contribution is -0.130. The van der Waals surface area contributed by atoms with Gasteiger partial charge < -0.3 is 40.8 Å². The first-order valence-electron chi connectivity index (χ1n) is 5.28. The van der Waals surface area contributed by atoms with Crippen molar-refractivity contribution in [2.75, 3.05) is 0 Å². The summed E-state index contributed by atoms with van der Waals surface area (Å²) in [5.41, 5.74) is 10.2. The van der Waals surface area contributed by atoms with Crippen LogP contribution in [0.15, 0.2) is 0 Å². The van der Waals surface area contributed by atoms with Crippen LogP contribution < -0.4 is 11.5 Å². The molecule has 14 heteroatoms. The summed E-state index contributed by atoms with van der Waals surface area (Å²) < 4.78 is 17.8. The highest BCUT2D eigenvalue weighted by atomic mass is 31.2. The van der Waals surface area contributed by atoms with E-state index in [-0.39, 0.29) is 11.8 Å². The van der Waals surface area contributed by atoms with Gasteiger partial charge in [-0.25, -0.2) is 9.13 Å². The summed E-state index contributed by atoms with van der Waals surface area (Å²) in [6.07, 6.45) is 2.30. The molecule has 2 amide bonds. The second-order valence-electron chi connectivity index (χ2n) is 3.98. The van der Waals surface area contributed by atoms with E-state index in [0.717, 1.165) is 6.42 Å². The van der Waals surface area contributed by atoms with Gasteiger partial charge in [-0.2, -0.15) is 0 Å². The molecular weight excluding hydrogens is 334 g/mol. The number of primary amides is 2. The molecule has 0 heterocycles. The Labute approximate surface area is 119 Å². The molecule has 0 saturated heterocycles. The molecule has 10 N–H and O–H groups in total. The first-order chi connectivity index (χ1) is 9.13. The normalized spacial score (nSPS) is 21.4. The van der Waals surface area contributed by atoms with Gasteiger partial charge in [0.2, 0.25) is 11.8 Å². The number of rotatable bonds is 2. The molecule has 0 radical (unpaired) electrons. The minimum Gasteiger partial charge on any atom is -0.369 e. The van der Waals surface area contributed by atoms with Gasteiger partial charge in [-0.05, 0) is 12.8 Å². The minimum absolute atomic E-state index is 0.313. The molecule has 0 aromatic rings. The van der Waals surface area contributed by atoms with Crippen LogP contribution >= 0.6 is 15.6 Å². The van der Waals surface area contributed by atoms with E-state index < -0.39 is 27.5 Å². The van der Waals surface area contributed by atoms with Crippen molar-refractivity contribution in [3.05, 3.63) is 0 Å². The Kier molecular flexibility index (Phi) is 9.87. The lowest BCUT2D eigenvalue weighted by Crippen LogP contribution is -2.34. The largest absolute Gasteiger partial charge is 0.466 e. The number of hydrogen-bond acceptors (Lipinski definition) is 4. The molecule has 0 spiro atoms. The van der Waals surface area contributed by atoms with Crippen LogP contribution in [-0.2, 0) is 18.7 Å². The predicted octanol–water partition coefficient (Wildman–Crippen LogP) is -2.48. The maximum atomic E-state index is 10.7. The highest BCUT2D eigenvalue weighted by Gasteiger charge is 2.34. The van der Waals surface area contributed by atoms with Crippen LogP contribution in [0.3, 0.4) is 0 Å². The zero-order valence-electron chi connectivity index (χ0n) is 10.6. The monoisotopic (exact) mass is 352 g/mol. The molecule has 1 rings (SSSR count). The van der Waals surface area contributed by atoms with Crippen LogP contribution in [0.1, 0.15) is 19.3 Å². The molecule has 21 heavy (non-hydrogen) atoms. The van der Waals surface area contributed by atoms with Gasteiger partial charge in [0.1, 0.15) is 0 Å². The zero-order valence-corrected chi connectivity index (χ0v) is 12.4. The van der Waals surface area contributed by atoms with Gasteiger partial charge >= 0.3 is 15.6 Å². The number of amides is 2. The standard InChI is InChI=1S/C7H12N2O2.2H3O4P/c8-6(10)4-2-1-3-5(4)7(9)11;2*1-5(2,3)4/h4-5H,1-3H2,(H2,8,10)(H2,9,11);2*(H3,1,2,3,4). The van der Waals surface area contributed by atoms with E-state index in [0.29, 0.717) is 12.8 Å². The van der Waals surface area contributed by atoms with Crippen molar-refractivity contribution in [1.29, 1.82) is 0 Å². The molecular formula is C7H18N2O10P2. The summed E-state index contributed by atoms with van der Waals surface area (Å²) in [7, 11) is -9.28. The average molecular weight is 352 g/mol. The average Bonchev–Trinajstić information content (AvgIpc) is 2.59. The fourth-order valence-electron chi connectivity index (χ4n) is 1.64. The minimum atomic E-state index is -4.64. The van der Waals surface area contributed by atoms with Crippen molar-refractivity contribution in [1.82, 2.24) is 0 Å². The predicted molar refractivity (Wildman–Crippen MR) is 67.7 cm³/mol. The Balaban J connectivity index is 0. The molecule has 1 aliphatic carbocycles. The zero-order chi connectivity index (χ0) is 17.4. The van der Waals surface area contributed by atoms with Crippen LogP contribution in [-0.4, -0.2) is 41.2 Å². The fourth-order valence-corrected chi connectivity index (χ4v) is 1.64. The van der Waals surface area contributed by atoms with E-state index in [9.17, 15) is 9.59 Å². The lowest BCUT2D eigenvalue weighted by atomic mass is 9.95. The summed E-state index contributed by atoms with van der Waals surface area (Å²) in [5, 5.41) is 0.